The lowest BCUT2D eigenvalue weighted by Gasteiger charge is -2.31. The van der Waals surface area contributed by atoms with E-state index in [1.54, 1.807) is 23.7 Å². The molecule has 194 valence electrons. The van der Waals surface area contributed by atoms with Crippen LogP contribution in [0, 0.1) is 11.2 Å². The van der Waals surface area contributed by atoms with Crippen molar-refractivity contribution >= 4 is 33.9 Å². The number of hydrogen-bond acceptors (Lipinski definition) is 8. The molecule has 1 fully saturated rings. The molecular weight excluding hydrogens is 483 g/mol. The van der Waals surface area contributed by atoms with E-state index in [9.17, 15) is 9.18 Å². The van der Waals surface area contributed by atoms with Crippen LogP contribution in [0.2, 0.25) is 0 Å². The van der Waals surface area contributed by atoms with Crippen LogP contribution in [-0.4, -0.2) is 32.3 Å². The van der Waals surface area contributed by atoms with Crippen molar-refractivity contribution in [2.24, 2.45) is 0 Å². The third-order valence-electron chi connectivity index (χ3n) is 7.04. The molecule has 5 N–H and O–H groups in total. The number of halogens is 1. The van der Waals surface area contributed by atoms with Gasteiger partial charge in [0.25, 0.3) is 5.56 Å². The van der Waals surface area contributed by atoms with E-state index in [4.69, 9.17) is 16.1 Å². The number of aromatic nitrogens is 4. The zero-order valence-electron chi connectivity index (χ0n) is 21.3. The third-order valence-corrected chi connectivity index (χ3v) is 7.04. The normalized spacial score (nSPS) is 14.1. The predicted molar refractivity (Wildman–Crippen MR) is 148 cm³/mol. The molecule has 4 aromatic rings. The van der Waals surface area contributed by atoms with Crippen LogP contribution in [-0.2, 0) is 0 Å². The molecule has 2 aromatic carbocycles. The van der Waals surface area contributed by atoms with Crippen LogP contribution in [0.1, 0.15) is 60.8 Å². The van der Waals surface area contributed by atoms with Crippen LogP contribution in [0.15, 0.2) is 60.2 Å². The van der Waals surface area contributed by atoms with Gasteiger partial charge in [0.05, 0.1) is 22.8 Å². The smallest absolute Gasteiger partial charge is 0.264 e. The summed E-state index contributed by atoms with van der Waals surface area (Å²) in [6.07, 6.45) is 3.97. The van der Waals surface area contributed by atoms with E-state index in [1.165, 1.54) is 12.4 Å². The minimum Gasteiger partial charge on any atom is -0.388 e. The summed E-state index contributed by atoms with van der Waals surface area (Å²) >= 11 is 0. The lowest BCUT2D eigenvalue weighted by molar-refractivity contribution is 0.294. The number of nitrogens with zero attached hydrogens (tertiary/aromatic N) is 4. The number of rotatable bonds is 8. The van der Waals surface area contributed by atoms with Crippen LogP contribution in [0.25, 0.3) is 16.6 Å². The first-order chi connectivity index (χ1) is 18.3. The Hall–Kier alpha value is -4.60. The highest BCUT2D eigenvalue weighted by atomic mass is 19.1. The standard InChI is InChI=1S/C28H29FN8O/c1-15(32-3)17-10-12-18(13-11-17)24(30)23-25(31)33-14-34-26(23)35-16(2)27-36-21-9-5-8-20(29)22(21)28(38)37(27)19-6-4-7-19/h5,8-14,16,19,30,32H,1,4,6-7H2,2-3H3,(H3,31,33,34,35). The Morgan fingerprint density at radius 1 is 1.18 bits per heavy atom. The van der Waals surface area contributed by atoms with E-state index in [0.29, 0.717) is 28.3 Å². The van der Waals surface area contributed by atoms with Gasteiger partial charge in [-0.3, -0.25) is 14.8 Å². The summed E-state index contributed by atoms with van der Waals surface area (Å²) in [6, 6.07) is 11.3. The zero-order chi connectivity index (χ0) is 27.0. The summed E-state index contributed by atoms with van der Waals surface area (Å²) in [6.45, 7) is 5.81. The first kappa shape index (κ1) is 25.1. The highest BCUT2D eigenvalue weighted by Crippen LogP contribution is 2.34. The summed E-state index contributed by atoms with van der Waals surface area (Å²) in [4.78, 5) is 26.6. The lowest BCUT2D eigenvalue weighted by Crippen LogP contribution is -2.35. The fourth-order valence-corrected chi connectivity index (χ4v) is 4.67. The molecule has 1 atom stereocenters. The topological polar surface area (TPSA) is 135 Å². The first-order valence-electron chi connectivity index (χ1n) is 12.4. The number of hydrogen-bond donors (Lipinski definition) is 4. The van der Waals surface area contributed by atoms with Crippen molar-refractivity contribution in [1.82, 2.24) is 24.8 Å². The van der Waals surface area contributed by atoms with Crippen molar-refractivity contribution in [1.29, 1.82) is 5.41 Å². The van der Waals surface area contributed by atoms with Crippen molar-refractivity contribution < 1.29 is 4.39 Å². The van der Waals surface area contributed by atoms with Crippen molar-refractivity contribution in [3.8, 4) is 0 Å². The van der Waals surface area contributed by atoms with Crippen molar-refractivity contribution in [2.75, 3.05) is 18.1 Å². The van der Waals surface area contributed by atoms with Gasteiger partial charge >= 0.3 is 0 Å². The fourth-order valence-electron chi connectivity index (χ4n) is 4.67. The van der Waals surface area contributed by atoms with E-state index in [2.05, 4.69) is 27.2 Å². The summed E-state index contributed by atoms with van der Waals surface area (Å²) in [5.74, 6) is 0.382. The second-order valence-electron chi connectivity index (χ2n) is 9.39. The molecule has 1 saturated carbocycles. The second kappa shape index (κ2) is 10.0. The van der Waals surface area contributed by atoms with Gasteiger partial charge in [0.1, 0.15) is 35.0 Å². The maximum Gasteiger partial charge on any atom is 0.264 e. The van der Waals surface area contributed by atoms with Crippen LogP contribution in [0.5, 0.6) is 0 Å². The third kappa shape index (κ3) is 4.38. The molecule has 2 aromatic heterocycles. The number of nitrogen functional groups attached to an aromatic ring is 1. The van der Waals surface area contributed by atoms with Crippen molar-refractivity contribution in [2.45, 2.75) is 38.3 Å². The van der Waals surface area contributed by atoms with Gasteiger partial charge in [-0.05, 0) is 43.9 Å². The molecule has 0 aliphatic heterocycles. The molecule has 0 radical (unpaired) electrons. The molecule has 1 aliphatic carbocycles. The van der Waals surface area contributed by atoms with Crippen molar-refractivity contribution in [3.63, 3.8) is 0 Å². The highest BCUT2D eigenvalue weighted by Gasteiger charge is 2.28. The molecule has 2 heterocycles. The Labute approximate surface area is 219 Å². The maximum absolute atomic E-state index is 14.6. The van der Waals surface area contributed by atoms with Crippen LogP contribution < -0.4 is 21.9 Å². The first-order valence-corrected chi connectivity index (χ1v) is 12.4. The number of fused-ring (bicyclic) bond motifs is 1. The van der Waals surface area contributed by atoms with Crippen molar-refractivity contribution in [3.05, 3.63) is 94.1 Å². The number of nitrogens with one attached hydrogen (secondary N) is 3. The molecule has 1 aliphatic rings. The Bertz CT molecular complexity index is 1610. The monoisotopic (exact) mass is 512 g/mol. The minimum absolute atomic E-state index is 0.00602. The van der Waals surface area contributed by atoms with E-state index >= 15 is 0 Å². The highest BCUT2D eigenvalue weighted by molar-refractivity contribution is 6.16. The summed E-state index contributed by atoms with van der Waals surface area (Å²) < 4.78 is 16.2. The second-order valence-corrected chi connectivity index (χ2v) is 9.39. The van der Waals surface area contributed by atoms with Gasteiger partial charge in [-0.2, -0.15) is 0 Å². The summed E-state index contributed by atoms with van der Waals surface area (Å²) in [5, 5.41) is 15.2. The van der Waals surface area contributed by atoms with Gasteiger partial charge < -0.3 is 16.4 Å². The SMILES string of the molecule is C=C(NC)c1ccc(C(=N)c2c(N)ncnc2NC(C)c2nc3cccc(F)c3c(=O)n2C2CCC2)cc1. The fraction of sp³-hybridized carbons (Fsp3) is 0.250. The van der Waals surface area contributed by atoms with Crippen LogP contribution in [0.3, 0.4) is 0 Å². The molecular formula is C28H29FN8O. The number of anilines is 2. The van der Waals surface area contributed by atoms with Gasteiger partial charge in [-0.25, -0.2) is 19.3 Å². The molecule has 10 heteroatoms. The number of benzene rings is 2. The van der Waals surface area contributed by atoms with Gasteiger partial charge in [-0.15, -0.1) is 0 Å². The molecule has 9 nitrogen and oxygen atoms in total. The Morgan fingerprint density at radius 3 is 2.55 bits per heavy atom. The van der Waals surface area contributed by atoms with Gasteiger partial charge in [-0.1, -0.05) is 36.9 Å². The zero-order valence-corrected chi connectivity index (χ0v) is 21.3. The molecule has 38 heavy (non-hydrogen) atoms. The Kier molecular flexibility index (Phi) is 6.62. The molecule has 0 bridgehead atoms. The summed E-state index contributed by atoms with van der Waals surface area (Å²) in [7, 11) is 1.80. The quantitative estimate of drug-likeness (QED) is 0.257. The van der Waals surface area contributed by atoms with E-state index in [0.717, 1.165) is 30.5 Å². The van der Waals surface area contributed by atoms with Gasteiger partial charge in [0, 0.05) is 24.4 Å². The Morgan fingerprint density at radius 2 is 1.89 bits per heavy atom. The molecule has 0 amide bonds. The summed E-state index contributed by atoms with van der Waals surface area (Å²) in [5.41, 5.74) is 8.91. The molecule has 5 rings (SSSR count). The average molecular weight is 513 g/mol. The maximum atomic E-state index is 14.6. The van der Waals surface area contributed by atoms with E-state index < -0.39 is 11.9 Å². The number of nitrogens with two attached hydrogens (primary N) is 1. The van der Waals surface area contributed by atoms with Gasteiger partial charge in [0.2, 0.25) is 0 Å². The predicted octanol–water partition coefficient (Wildman–Crippen LogP) is 4.41. The molecule has 0 saturated heterocycles. The van der Waals surface area contributed by atoms with E-state index in [1.807, 2.05) is 31.2 Å². The Balaban J connectivity index is 1.54. The largest absolute Gasteiger partial charge is 0.388 e. The van der Waals surface area contributed by atoms with Crippen LogP contribution in [0.4, 0.5) is 16.0 Å². The molecule has 1 unspecified atom stereocenters. The van der Waals surface area contributed by atoms with Crippen LogP contribution >= 0.6 is 0 Å². The lowest BCUT2D eigenvalue weighted by atomic mass is 9.92. The minimum atomic E-state index is -0.580. The average Bonchev–Trinajstić information content (AvgIpc) is 2.88. The van der Waals surface area contributed by atoms with E-state index in [-0.39, 0.29) is 28.5 Å². The van der Waals surface area contributed by atoms with Gasteiger partial charge in [0.15, 0.2) is 0 Å². The molecule has 0 spiro atoms.